The highest BCUT2D eigenvalue weighted by molar-refractivity contribution is 6.31. The molecule has 4 heterocycles. The number of amides is 1. The van der Waals surface area contributed by atoms with Gasteiger partial charge in [-0.3, -0.25) is 9.48 Å². The molecule has 10 heteroatoms. The highest BCUT2D eigenvalue weighted by Crippen LogP contribution is 2.30. The Bertz CT molecular complexity index is 1440. The number of fused-ring (bicyclic) bond motifs is 1. The van der Waals surface area contributed by atoms with Crippen LogP contribution >= 0.6 is 11.6 Å². The Hall–Kier alpha value is -3.98. The van der Waals surface area contributed by atoms with Crippen molar-refractivity contribution in [2.75, 3.05) is 5.32 Å². The molecule has 0 aliphatic carbocycles. The Morgan fingerprint density at radius 1 is 1.18 bits per heavy atom. The molecule has 5 aromatic rings. The molecule has 0 aliphatic heterocycles. The number of rotatable bonds is 6. The molecule has 0 saturated heterocycles. The summed E-state index contributed by atoms with van der Waals surface area (Å²) in [6.45, 7) is 1.95. The molecular formula is C23H18ClFN6O2. The molecule has 0 radical (unpaired) electrons. The van der Waals surface area contributed by atoms with Crippen molar-refractivity contribution in [3.05, 3.63) is 83.2 Å². The SMILES string of the molecule is Cc1nn(CC(=O)Nc2ccn(Cc3c(F)cccc3Cl)n2)c2nccc(-c3ccco3)c12. The molecule has 0 bridgehead atoms. The summed E-state index contributed by atoms with van der Waals surface area (Å²) in [6.07, 6.45) is 4.91. The second-order valence-corrected chi connectivity index (χ2v) is 7.83. The maximum absolute atomic E-state index is 14.0. The summed E-state index contributed by atoms with van der Waals surface area (Å²) >= 11 is 6.08. The van der Waals surface area contributed by atoms with E-state index in [2.05, 4.69) is 20.5 Å². The highest BCUT2D eigenvalue weighted by atomic mass is 35.5. The number of hydrogen-bond acceptors (Lipinski definition) is 5. The zero-order chi connectivity index (χ0) is 22.9. The van der Waals surface area contributed by atoms with Gasteiger partial charge in [0.15, 0.2) is 11.5 Å². The van der Waals surface area contributed by atoms with Gasteiger partial charge in [-0.25, -0.2) is 14.1 Å². The topological polar surface area (TPSA) is 90.8 Å². The van der Waals surface area contributed by atoms with Gasteiger partial charge in [0, 0.05) is 34.6 Å². The quantitative estimate of drug-likeness (QED) is 0.394. The van der Waals surface area contributed by atoms with Gasteiger partial charge in [-0.2, -0.15) is 10.2 Å². The third-order valence-corrected chi connectivity index (χ3v) is 5.53. The predicted molar refractivity (Wildman–Crippen MR) is 121 cm³/mol. The van der Waals surface area contributed by atoms with E-state index in [1.807, 2.05) is 25.1 Å². The van der Waals surface area contributed by atoms with Crippen LogP contribution in [0.5, 0.6) is 0 Å². The lowest BCUT2D eigenvalue weighted by Crippen LogP contribution is -2.20. The van der Waals surface area contributed by atoms with Crippen molar-refractivity contribution in [1.82, 2.24) is 24.5 Å². The maximum Gasteiger partial charge on any atom is 0.247 e. The average Bonchev–Trinajstić information content (AvgIpc) is 3.53. The first-order valence-electron chi connectivity index (χ1n) is 10.1. The van der Waals surface area contributed by atoms with E-state index < -0.39 is 5.82 Å². The summed E-state index contributed by atoms with van der Waals surface area (Å²) < 4.78 is 22.6. The Balaban J connectivity index is 1.33. The van der Waals surface area contributed by atoms with Crippen molar-refractivity contribution in [2.45, 2.75) is 20.0 Å². The number of carbonyl (C=O) groups is 1. The van der Waals surface area contributed by atoms with Gasteiger partial charge < -0.3 is 9.73 Å². The fourth-order valence-corrected chi connectivity index (χ4v) is 3.93. The zero-order valence-corrected chi connectivity index (χ0v) is 18.3. The van der Waals surface area contributed by atoms with Crippen LogP contribution < -0.4 is 5.32 Å². The third kappa shape index (κ3) is 4.10. The zero-order valence-electron chi connectivity index (χ0n) is 17.5. The van der Waals surface area contributed by atoms with Gasteiger partial charge in [0.05, 0.1) is 23.9 Å². The van der Waals surface area contributed by atoms with E-state index in [9.17, 15) is 9.18 Å². The van der Waals surface area contributed by atoms with Crippen molar-refractivity contribution < 1.29 is 13.6 Å². The first-order chi connectivity index (χ1) is 16.0. The van der Waals surface area contributed by atoms with Crippen LogP contribution in [-0.4, -0.2) is 30.5 Å². The number of halogens is 2. The maximum atomic E-state index is 14.0. The number of nitrogens with one attached hydrogen (secondary N) is 1. The van der Waals surface area contributed by atoms with Gasteiger partial charge >= 0.3 is 0 Å². The molecule has 33 heavy (non-hydrogen) atoms. The summed E-state index contributed by atoms with van der Waals surface area (Å²) in [5.74, 6) is 0.310. The Labute approximate surface area is 192 Å². The second kappa shape index (κ2) is 8.51. The molecule has 0 saturated carbocycles. The van der Waals surface area contributed by atoms with Crippen LogP contribution in [0, 0.1) is 12.7 Å². The second-order valence-electron chi connectivity index (χ2n) is 7.42. The number of anilines is 1. The molecule has 0 spiro atoms. The Morgan fingerprint density at radius 3 is 2.85 bits per heavy atom. The first-order valence-corrected chi connectivity index (χ1v) is 10.5. The number of nitrogens with zero attached hydrogens (tertiary/aromatic N) is 5. The predicted octanol–water partition coefficient (Wildman–Crippen LogP) is 4.68. The fourth-order valence-electron chi connectivity index (χ4n) is 3.71. The van der Waals surface area contributed by atoms with Crippen LogP contribution in [0.1, 0.15) is 11.3 Å². The molecule has 5 rings (SSSR count). The summed E-state index contributed by atoms with van der Waals surface area (Å²) in [4.78, 5) is 17.1. The summed E-state index contributed by atoms with van der Waals surface area (Å²) in [5.41, 5.74) is 2.51. The number of benzene rings is 1. The first kappa shape index (κ1) is 20.9. The standard InChI is InChI=1S/C23H18ClFN6O2/c1-14-22-15(19-6-3-11-33-19)7-9-26-23(22)31(28-14)13-21(32)27-20-8-10-30(29-20)12-16-17(24)4-2-5-18(16)25/h2-11H,12-13H2,1H3,(H,27,29,32). The van der Waals surface area contributed by atoms with E-state index >= 15 is 0 Å². The van der Waals surface area contributed by atoms with Gasteiger partial charge in [0.1, 0.15) is 18.1 Å². The van der Waals surface area contributed by atoms with E-state index in [0.717, 1.165) is 16.6 Å². The van der Waals surface area contributed by atoms with Crippen molar-refractivity contribution in [1.29, 1.82) is 0 Å². The molecule has 0 fully saturated rings. The lowest BCUT2D eigenvalue weighted by Gasteiger charge is -2.06. The van der Waals surface area contributed by atoms with E-state index in [1.165, 1.54) is 10.7 Å². The molecule has 4 aromatic heterocycles. The van der Waals surface area contributed by atoms with Gasteiger partial charge in [-0.15, -0.1) is 0 Å². The molecular weight excluding hydrogens is 447 g/mol. The van der Waals surface area contributed by atoms with Crippen LogP contribution in [0.3, 0.4) is 0 Å². The number of aryl methyl sites for hydroxylation is 1. The fraction of sp³-hybridized carbons (Fsp3) is 0.130. The molecule has 1 amide bonds. The lowest BCUT2D eigenvalue weighted by molar-refractivity contribution is -0.116. The third-order valence-electron chi connectivity index (χ3n) is 5.18. The Morgan fingerprint density at radius 2 is 2.06 bits per heavy atom. The summed E-state index contributed by atoms with van der Waals surface area (Å²) in [7, 11) is 0. The van der Waals surface area contributed by atoms with Gasteiger partial charge in [-0.1, -0.05) is 17.7 Å². The minimum atomic E-state index is -0.411. The number of carbonyl (C=O) groups excluding carboxylic acids is 1. The number of aromatic nitrogens is 5. The monoisotopic (exact) mass is 464 g/mol. The van der Waals surface area contributed by atoms with Gasteiger partial charge in [-0.05, 0) is 37.3 Å². The minimum Gasteiger partial charge on any atom is -0.464 e. The van der Waals surface area contributed by atoms with Crippen LogP contribution in [0.2, 0.25) is 5.02 Å². The van der Waals surface area contributed by atoms with E-state index in [0.29, 0.717) is 27.8 Å². The van der Waals surface area contributed by atoms with Crippen LogP contribution in [0.15, 0.2) is 65.5 Å². The average molecular weight is 465 g/mol. The smallest absolute Gasteiger partial charge is 0.247 e. The van der Waals surface area contributed by atoms with Gasteiger partial charge in [0.2, 0.25) is 5.91 Å². The molecule has 0 atom stereocenters. The van der Waals surface area contributed by atoms with Crippen molar-refractivity contribution in [2.24, 2.45) is 0 Å². The van der Waals surface area contributed by atoms with Gasteiger partial charge in [0.25, 0.3) is 0 Å². The number of pyridine rings is 1. The normalized spacial score (nSPS) is 11.2. The van der Waals surface area contributed by atoms with E-state index in [4.69, 9.17) is 16.0 Å². The van der Waals surface area contributed by atoms with E-state index in [-0.39, 0.29) is 19.0 Å². The summed E-state index contributed by atoms with van der Waals surface area (Å²) in [5, 5.41) is 12.7. The molecule has 8 nitrogen and oxygen atoms in total. The van der Waals surface area contributed by atoms with Crippen LogP contribution in [-0.2, 0) is 17.9 Å². The summed E-state index contributed by atoms with van der Waals surface area (Å²) in [6, 6.07) is 11.7. The molecule has 1 aromatic carbocycles. The van der Waals surface area contributed by atoms with Crippen molar-refractivity contribution >= 4 is 34.4 Å². The van der Waals surface area contributed by atoms with Crippen LogP contribution in [0.25, 0.3) is 22.4 Å². The Kier molecular flexibility index (Phi) is 5.39. The van der Waals surface area contributed by atoms with E-state index in [1.54, 1.807) is 41.5 Å². The molecule has 1 N–H and O–H groups in total. The number of hydrogen-bond donors (Lipinski definition) is 1. The number of furan rings is 1. The lowest BCUT2D eigenvalue weighted by atomic mass is 10.1. The highest BCUT2D eigenvalue weighted by Gasteiger charge is 2.17. The largest absolute Gasteiger partial charge is 0.464 e. The van der Waals surface area contributed by atoms with Crippen molar-refractivity contribution in [3.8, 4) is 11.3 Å². The van der Waals surface area contributed by atoms with Crippen LogP contribution in [0.4, 0.5) is 10.2 Å². The minimum absolute atomic E-state index is 0.0506. The molecule has 166 valence electrons. The van der Waals surface area contributed by atoms with Crippen molar-refractivity contribution in [3.63, 3.8) is 0 Å². The molecule has 0 aliphatic rings. The molecule has 0 unspecified atom stereocenters.